The quantitative estimate of drug-likeness (QED) is 0.848. The van der Waals surface area contributed by atoms with Crippen molar-refractivity contribution in [2.24, 2.45) is 5.73 Å². The van der Waals surface area contributed by atoms with Crippen LogP contribution in [-0.2, 0) is 11.2 Å². The van der Waals surface area contributed by atoms with Crippen molar-refractivity contribution >= 4 is 11.7 Å². The molecule has 18 heavy (non-hydrogen) atoms. The van der Waals surface area contributed by atoms with Crippen LogP contribution in [0.1, 0.15) is 24.0 Å². The van der Waals surface area contributed by atoms with Crippen LogP contribution >= 0.6 is 0 Å². The summed E-state index contributed by atoms with van der Waals surface area (Å²) in [6, 6.07) is 5.31. The van der Waals surface area contributed by atoms with E-state index in [2.05, 4.69) is 24.0 Å². The van der Waals surface area contributed by atoms with Crippen molar-refractivity contribution in [3.8, 4) is 0 Å². The Morgan fingerprint density at radius 1 is 1.44 bits per heavy atom. The number of carboxylic acids is 1. The average Bonchev–Trinajstić information content (AvgIpc) is 2.82. The van der Waals surface area contributed by atoms with Crippen LogP contribution in [0, 0.1) is 6.92 Å². The number of rotatable bonds is 4. The van der Waals surface area contributed by atoms with Gasteiger partial charge in [0.15, 0.2) is 0 Å². The van der Waals surface area contributed by atoms with Gasteiger partial charge in [-0.1, -0.05) is 12.1 Å². The number of nitrogens with zero attached hydrogens (tertiary/aromatic N) is 1. The molecule has 1 fully saturated rings. The molecule has 98 valence electrons. The molecule has 1 aromatic rings. The molecule has 0 spiro atoms. The van der Waals surface area contributed by atoms with Crippen molar-refractivity contribution < 1.29 is 9.90 Å². The number of hydrogen-bond acceptors (Lipinski definition) is 3. The van der Waals surface area contributed by atoms with Gasteiger partial charge >= 0.3 is 5.97 Å². The maximum absolute atomic E-state index is 10.7. The van der Waals surface area contributed by atoms with Gasteiger partial charge in [0.25, 0.3) is 0 Å². The lowest BCUT2D eigenvalue weighted by molar-refractivity contribution is -0.138. The zero-order valence-electron chi connectivity index (χ0n) is 10.7. The van der Waals surface area contributed by atoms with Crippen LogP contribution in [0.3, 0.4) is 0 Å². The van der Waals surface area contributed by atoms with Crippen molar-refractivity contribution in [2.45, 2.75) is 32.2 Å². The maximum Gasteiger partial charge on any atom is 0.320 e. The van der Waals surface area contributed by atoms with Gasteiger partial charge in [0.05, 0.1) is 0 Å². The third-order valence-electron chi connectivity index (χ3n) is 3.48. The number of benzene rings is 1. The molecule has 1 heterocycles. The van der Waals surface area contributed by atoms with Crippen LogP contribution in [0.25, 0.3) is 0 Å². The minimum absolute atomic E-state index is 0.385. The number of nitrogens with two attached hydrogens (primary N) is 1. The third kappa shape index (κ3) is 2.82. The Hall–Kier alpha value is -1.55. The van der Waals surface area contributed by atoms with Gasteiger partial charge in [0.1, 0.15) is 6.04 Å². The molecule has 2 rings (SSSR count). The van der Waals surface area contributed by atoms with Gasteiger partial charge in [-0.3, -0.25) is 4.79 Å². The Kier molecular flexibility index (Phi) is 3.87. The lowest BCUT2D eigenvalue weighted by Crippen LogP contribution is -2.32. The standard InChI is InChI=1S/C14H20N2O2/c1-10-8-11(9-12(15)14(17)18)4-5-13(10)16-6-2-3-7-16/h4-5,8,12H,2-3,6-7,9,15H2,1H3,(H,17,18). The molecular weight excluding hydrogens is 228 g/mol. The molecule has 1 saturated heterocycles. The fourth-order valence-corrected chi connectivity index (χ4v) is 2.50. The van der Waals surface area contributed by atoms with Crippen LogP contribution in [0.2, 0.25) is 0 Å². The average molecular weight is 248 g/mol. The molecule has 0 aliphatic carbocycles. The van der Waals surface area contributed by atoms with E-state index in [1.54, 1.807) is 0 Å². The molecule has 4 nitrogen and oxygen atoms in total. The van der Waals surface area contributed by atoms with E-state index >= 15 is 0 Å². The third-order valence-corrected chi connectivity index (χ3v) is 3.48. The predicted molar refractivity (Wildman–Crippen MR) is 71.9 cm³/mol. The van der Waals surface area contributed by atoms with Gasteiger partial charge in [-0.05, 0) is 43.4 Å². The topological polar surface area (TPSA) is 66.6 Å². The van der Waals surface area contributed by atoms with Gasteiger partial charge in [-0.25, -0.2) is 0 Å². The highest BCUT2D eigenvalue weighted by atomic mass is 16.4. The van der Waals surface area contributed by atoms with Gasteiger partial charge in [-0.15, -0.1) is 0 Å². The number of aliphatic carboxylic acids is 1. The first-order valence-electron chi connectivity index (χ1n) is 6.41. The molecule has 0 radical (unpaired) electrons. The number of carbonyl (C=O) groups is 1. The van der Waals surface area contributed by atoms with Crippen molar-refractivity contribution in [1.82, 2.24) is 0 Å². The Morgan fingerprint density at radius 3 is 2.67 bits per heavy atom. The Bertz CT molecular complexity index is 439. The summed E-state index contributed by atoms with van der Waals surface area (Å²) in [5.41, 5.74) is 9.00. The number of hydrogen-bond donors (Lipinski definition) is 2. The molecule has 0 aromatic heterocycles. The van der Waals surface area contributed by atoms with Gasteiger partial charge in [-0.2, -0.15) is 0 Å². The van der Waals surface area contributed by atoms with E-state index in [4.69, 9.17) is 10.8 Å². The molecule has 0 bridgehead atoms. The van der Waals surface area contributed by atoms with E-state index in [0.717, 1.165) is 18.7 Å². The molecule has 4 heteroatoms. The normalized spacial score (nSPS) is 16.9. The van der Waals surface area contributed by atoms with E-state index in [0.29, 0.717) is 6.42 Å². The predicted octanol–water partition coefficient (Wildman–Crippen LogP) is 1.55. The number of aryl methyl sites for hydroxylation is 1. The summed E-state index contributed by atoms with van der Waals surface area (Å²) in [5.74, 6) is -0.948. The smallest absolute Gasteiger partial charge is 0.320 e. The summed E-state index contributed by atoms with van der Waals surface area (Å²) in [4.78, 5) is 13.1. The zero-order valence-corrected chi connectivity index (χ0v) is 10.7. The highest BCUT2D eigenvalue weighted by Gasteiger charge is 2.16. The first-order chi connectivity index (χ1) is 8.58. The van der Waals surface area contributed by atoms with Gasteiger partial charge < -0.3 is 15.7 Å². The second kappa shape index (κ2) is 5.40. The molecular formula is C14H20N2O2. The zero-order chi connectivity index (χ0) is 13.1. The summed E-state index contributed by atoms with van der Waals surface area (Å²) in [6.07, 6.45) is 2.90. The van der Waals surface area contributed by atoms with Crippen LogP contribution in [0.4, 0.5) is 5.69 Å². The van der Waals surface area contributed by atoms with Gasteiger partial charge in [0.2, 0.25) is 0 Å². The molecule has 1 aromatic carbocycles. The SMILES string of the molecule is Cc1cc(CC(N)C(=O)O)ccc1N1CCCC1. The van der Waals surface area contributed by atoms with E-state index in [1.165, 1.54) is 24.1 Å². The lowest BCUT2D eigenvalue weighted by Gasteiger charge is -2.21. The van der Waals surface area contributed by atoms with Crippen molar-refractivity contribution in [3.05, 3.63) is 29.3 Å². The molecule has 1 aliphatic rings. The van der Waals surface area contributed by atoms with Crippen molar-refractivity contribution in [2.75, 3.05) is 18.0 Å². The Labute approximate surface area is 107 Å². The highest BCUT2D eigenvalue weighted by Crippen LogP contribution is 2.25. The Balaban J connectivity index is 2.11. The second-order valence-corrected chi connectivity index (χ2v) is 4.96. The maximum atomic E-state index is 10.7. The second-order valence-electron chi connectivity index (χ2n) is 4.96. The molecule has 1 atom stereocenters. The molecule has 0 saturated carbocycles. The van der Waals surface area contributed by atoms with E-state index < -0.39 is 12.0 Å². The highest BCUT2D eigenvalue weighted by molar-refractivity contribution is 5.73. The largest absolute Gasteiger partial charge is 0.480 e. The molecule has 1 unspecified atom stereocenters. The number of carboxylic acid groups (broad SMARTS) is 1. The lowest BCUT2D eigenvalue weighted by atomic mass is 10.0. The first-order valence-corrected chi connectivity index (χ1v) is 6.41. The summed E-state index contributed by atoms with van der Waals surface area (Å²) in [6.45, 7) is 4.31. The summed E-state index contributed by atoms with van der Waals surface area (Å²) < 4.78 is 0. The van der Waals surface area contributed by atoms with Crippen LogP contribution in [0.15, 0.2) is 18.2 Å². The van der Waals surface area contributed by atoms with Crippen LogP contribution in [-0.4, -0.2) is 30.2 Å². The van der Waals surface area contributed by atoms with E-state index in [1.807, 2.05) is 6.07 Å². The minimum atomic E-state index is -0.948. The summed E-state index contributed by atoms with van der Waals surface area (Å²) >= 11 is 0. The fraction of sp³-hybridized carbons (Fsp3) is 0.500. The van der Waals surface area contributed by atoms with Crippen LogP contribution in [0.5, 0.6) is 0 Å². The molecule has 1 aliphatic heterocycles. The van der Waals surface area contributed by atoms with E-state index in [9.17, 15) is 4.79 Å². The van der Waals surface area contributed by atoms with Crippen molar-refractivity contribution in [3.63, 3.8) is 0 Å². The minimum Gasteiger partial charge on any atom is -0.480 e. The monoisotopic (exact) mass is 248 g/mol. The first kappa shape index (κ1) is 12.9. The Morgan fingerprint density at radius 2 is 2.11 bits per heavy atom. The fourth-order valence-electron chi connectivity index (χ4n) is 2.50. The molecule has 0 amide bonds. The summed E-state index contributed by atoms with van der Waals surface area (Å²) in [5, 5.41) is 8.81. The number of anilines is 1. The summed E-state index contributed by atoms with van der Waals surface area (Å²) in [7, 11) is 0. The van der Waals surface area contributed by atoms with Crippen molar-refractivity contribution in [1.29, 1.82) is 0 Å². The van der Waals surface area contributed by atoms with Crippen LogP contribution < -0.4 is 10.6 Å². The van der Waals surface area contributed by atoms with E-state index in [-0.39, 0.29) is 0 Å². The molecule has 3 N–H and O–H groups in total. The van der Waals surface area contributed by atoms with Gasteiger partial charge in [0, 0.05) is 18.8 Å².